The first-order valence-electron chi connectivity index (χ1n) is 12.2. The van der Waals surface area contributed by atoms with E-state index in [9.17, 15) is 9.59 Å². The van der Waals surface area contributed by atoms with Crippen LogP contribution in [0.5, 0.6) is 0 Å². The van der Waals surface area contributed by atoms with Crippen molar-refractivity contribution in [2.24, 2.45) is 0 Å². The molecule has 0 radical (unpaired) electrons. The molecular weight excluding hydrogens is 512 g/mol. The van der Waals surface area contributed by atoms with E-state index >= 15 is 0 Å². The monoisotopic (exact) mass is 534 g/mol. The van der Waals surface area contributed by atoms with Crippen LogP contribution < -0.4 is 10.6 Å². The van der Waals surface area contributed by atoms with Crippen LogP contribution in [-0.2, 0) is 6.54 Å². The van der Waals surface area contributed by atoms with E-state index in [2.05, 4.69) is 20.6 Å². The van der Waals surface area contributed by atoms with Crippen molar-refractivity contribution in [3.63, 3.8) is 0 Å². The first kappa shape index (κ1) is 24.3. The molecule has 192 valence electrons. The van der Waals surface area contributed by atoms with Crippen molar-refractivity contribution in [2.45, 2.75) is 6.54 Å². The van der Waals surface area contributed by atoms with Crippen molar-refractivity contribution < 1.29 is 14.0 Å². The van der Waals surface area contributed by atoms with Crippen molar-refractivity contribution in [2.75, 3.05) is 17.2 Å². The van der Waals surface area contributed by atoms with E-state index in [0.29, 0.717) is 34.2 Å². The Labute approximate surface area is 227 Å². The van der Waals surface area contributed by atoms with Crippen LogP contribution in [0.15, 0.2) is 102 Å². The lowest BCUT2D eigenvalue weighted by atomic mass is 10.1. The minimum atomic E-state index is -0.274. The Balaban J connectivity index is 1.27. The molecule has 6 aromatic rings. The Hall–Kier alpha value is -5.09. The minimum Gasteiger partial charge on any atom is -0.443 e. The third kappa shape index (κ3) is 5.32. The molecule has 2 N–H and O–H groups in total. The highest BCUT2D eigenvalue weighted by Gasteiger charge is 2.18. The zero-order chi connectivity index (χ0) is 26.6. The number of anilines is 2. The molecule has 0 atom stereocenters. The third-order valence-corrected chi connectivity index (χ3v) is 7.22. The lowest BCUT2D eigenvalue weighted by Gasteiger charge is -2.10. The molecule has 0 saturated carbocycles. The molecule has 0 aliphatic heterocycles. The van der Waals surface area contributed by atoms with Crippen LogP contribution in [0.25, 0.3) is 21.7 Å². The average molecular weight is 535 g/mol. The fourth-order valence-electron chi connectivity index (χ4n) is 4.17. The van der Waals surface area contributed by atoms with Gasteiger partial charge in [-0.05, 0) is 48.0 Å². The van der Waals surface area contributed by atoms with Gasteiger partial charge in [0.25, 0.3) is 5.91 Å². The van der Waals surface area contributed by atoms with E-state index in [1.54, 1.807) is 36.8 Å². The van der Waals surface area contributed by atoms with E-state index < -0.39 is 0 Å². The number of imidazole rings is 1. The molecule has 10 heteroatoms. The molecular formula is C29H22N6O3S. The number of hydrogen-bond donors (Lipinski definition) is 2. The van der Waals surface area contributed by atoms with Gasteiger partial charge in [-0.15, -0.1) is 11.3 Å². The van der Waals surface area contributed by atoms with Gasteiger partial charge in [-0.3, -0.25) is 19.9 Å². The molecule has 4 heterocycles. The maximum absolute atomic E-state index is 13.2. The molecule has 0 bridgehead atoms. The zero-order valence-corrected chi connectivity index (χ0v) is 21.4. The fourth-order valence-corrected chi connectivity index (χ4v) is 5.02. The molecule has 4 aromatic heterocycles. The molecule has 39 heavy (non-hydrogen) atoms. The summed E-state index contributed by atoms with van der Waals surface area (Å²) in [5.41, 5.74) is 3.95. The lowest BCUT2D eigenvalue weighted by Crippen LogP contribution is -2.15. The van der Waals surface area contributed by atoms with Crippen molar-refractivity contribution in [1.82, 2.24) is 19.5 Å². The second-order valence-corrected chi connectivity index (χ2v) is 9.79. The highest BCUT2D eigenvalue weighted by Crippen LogP contribution is 2.29. The maximum atomic E-state index is 13.2. The van der Waals surface area contributed by atoms with Crippen molar-refractivity contribution in [3.05, 3.63) is 114 Å². The third-order valence-electron chi connectivity index (χ3n) is 6.12. The van der Waals surface area contributed by atoms with E-state index in [4.69, 9.17) is 9.40 Å². The molecule has 0 fully saturated rings. The van der Waals surface area contributed by atoms with Gasteiger partial charge in [0.2, 0.25) is 5.95 Å². The van der Waals surface area contributed by atoms with Gasteiger partial charge in [0.15, 0.2) is 17.9 Å². The van der Waals surface area contributed by atoms with Crippen molar-refractivity contribution in [1.29, 1.82) is 0 Å². The average Bonchev–Trinajstić information content (AvgIpc) is 3.74. The van der Waals surface area contributed by atoms with E-state index in [1.165, 1.54) is 17.7 Å². The molecule has 0 aliphatic carbocycles. The largest absolute Gasteiger partial charge is 0.443 e. The number of benzene rings is 2. The zero-order valence-electron chi connectivity index (χ0n) is 20.6. The Morgan fingerprint density at radius 3 is 2.59 bits per heavy atom. The molecule has 2 aromatic carbocycles. The molecule has 6 rings (SSSR count). The number of hydrogen-bond acceptors (Lipinski definition) is 8. The number of carbonyl (C=O) groups excluding carboxylic acids is 2. The molecule has 9 nitrogen and oxygen atoms in total. The number of amides is 1. The van der Waals surface area contributed by atoms with Gasteiger partial charge in [0, 0.05) is 23.6 Å². The summed E-state index contributed by atoms with van der Waals surface area (Å²) in [5, 5.41) is 6.16. The standard InChI is InChI=1S/C29H22N6O3S/c36-24(20-4-2-1-3-5-20)15-32-21-6-7-23-22(14-21)33-29(35(23)17-19-10-12-30-13-11-19)34-28(37)27-9-8-26(39-27)25-16-31-18-38-25/h1-14,16,18,32H,15,17H2,(H,33,34,37). The highest BCUT2D eigenvalue weighted by atomic mass is 32.1. The summed E-state index contributed by atoms with van der Waals surface area (Å²) in [4.78, 5) is 39.8. The van der Waals surface area contributed by atoms with Crippen LogP contribution in [0.3, 0.4) is 0 Å². The Morgan fingerprint density at radius 1 is 0.949 bits per heavy atom. The molecule has 0 spiro atoms. The molecule has 0 unspecified atom stereocenters. The van der Waals surface area contributed by atoms with Crippen molar-refractivity contribution >= 4 is 45.7 Å². The Morgan fingerprint density at radius 2 is 1.79 bits per heavy atom. The van der Waals surface area contributed by atoms with Gasteiger partial charge in [0.05, 0.1) is 40.1 Å². The number of Topliss-reactive ketones (excluding diaryl/α,β-unsaturated/α-hetero) is 1. The SMILES string of the molecule is O=C(CNc1ccc2c(c1)nc(NC(=O)c1ccc(-c3cnco3)s1)n2Cc1ccncc1)c1ccccc1. The summed E-state index contributed by atoms with van der Waals surface area (Å²) >= 11 is 1.31. The molecule has 0 aliphatic rings. The second kappa shape index (κ2) is 10.7. The second-order valence-electron chi connectivity index (χ2n) is 8.71. The van der Waals surface area contributed by atoms with Gasteiger partial charge in [-0.1, -0.05) is 30.3 Å². The number of aromatic nitrogens is 4. The van der Waals surface area contributed by atoms with Crippen molar-refractivity contribution in [3.8, 4) is 10.6 Å². The van der Waals surface area contributed by atoms with Crippen LogP contribution in [-0.4, -0.2) is 37.8 Å². The number of ketones is 1. The van der Waals surface area contributed by atoms with Crippen LogP contribution in [0, 0.1) is 0 Å². The maximum Gasteiger partial charge on any atom is 0.268 e. The number of oxazole rings is 1. The van der Waals surface area contributed by atoms with Gasteiger partial charge in [-0.2, -0.15) is 0 Å². The first-order valence-corrected chi connectivity index (χ1v) is 13.0. The number of nitrogens with zero attached hydrogens (tertiary/aromatic N) is 4. The topological polar surface area (TPSA) is 115 Å². The Kier molecular flexibility index (Phi) is 6.67. The predicted octanol–water partition coefficient (Wildman–Crippen LogP) is 5.74. The minimum absolute atomic E-state index is 0.00693. The first-order chi connectivity index (χ1) is 19.1. The summed E-state index contributed by atoms with van der Waals surface area (Å²) in [7, 11) is 0. The van der Waals surface area contributed by atoms with Crippen LogP contribution in [0.2, 0.25) is 0 Å². The van der Waals surface area contributed by atoms with Gasteiger partial charge < -0.3 is 14.3 Å². The number of fused-ring (bicyclic) bond motifs is 1. The summed E-state index contributed by atoms with van der Waals surface area (Å²) in [6, 6.07) is 22.3. The number of rotatable bonds is 9. The number of pyridine rings is 1. The van der Waals surface area contributed by atoms with E-state index in [1.807, 2.05) is 59.2 Å². The predicted molar refractivity (Wildman–Crippen MR) is 150 cm³/mol. The van der Waals surface area contributed by atoms with Gasteiger partial charge in [-0.25, -0.2) is 9.97 Å². The van der Waals surface area contributed by atoms with Crippen LogP contribution in [0.1, 0.15) is 25.6 Å². The Bertz CT molecular complexity index is 1740. The summed E-state index contributed by atoms with van der Waals surface area (Å²) < 4.78 is 7.30. The van der Waals surface area contributed by atoms with Gasteiger partial charge >= 0.3 is 0 Å². The van der Waals surface area contributed by atoms with Crippen LogP contribution in [0.4, 0.5) is 11.6 Å². The van der Waals surface area contributed by atoms with Crippen LogP contribution >= 0.6 is 11.3 Å². The summed E-state index contributed by atoms with van der Waals surface area (Å²) in [6.45, 7) is 0.643. The smallest absolute Gasteiger partial charge is 0.268 e. The van der Waals surface area contributed by atoms with Gasteiger partial charge in [0.1, 0.15) is 0 Å². The number of carbonyl (C=O) groups is 2. The molecule has 0 saturated heterocycles. The normalized spacial score (nSPS) is 11.0. The number of thiophene rings is 1. The summed E-state index contributed by atoms with van der Waals surface area (Å²) in [5.74, 6) is 0.741. The highest BCUT2D eigenvalue weighted by molar-refractivity contribution is 7.17. The number of nitrogens with one attached hydrogen (secondary N) is 2. The lowest BCUT2D eigenvalue weighted by molar-refractivity contribution is 0.100. The van der Waals surface area contributed by atoms with E-state index in [-0.39, 0.29) is 18.2 Å². The van der Waals surface area contributed by atoms with E-state index in [0.717, 1.165) is 21.6 Å². The fraction of sp³-hybridized carbons (Fsp3) is 0.0690. The quantitative estimate of drug-likeness (QED) is 0.227. The summed E-state index contributed by atoms with van der Waals surface area (Å²) in [6.07, 6.45) is 6.43. The molecule has 1 amide bonds.